The van der Waals surface area contributed by atoms with Gasteiger partial charge >= 0.3 is 0 Å². The number of nitrogens with two attached hydrogens (primary N) is 1. The van der Waals surface area contributed by atoms with Gasteiger partial charge in [0.25, 0.3) is 5.91 Å². The summed E-state index contributed by atoms with van der Waals surface area (Å²) >= 11 is 3.47. The maximum absolute atomic E-state index is 10.7. The average Bonchev–Trinajstić information content (AvgIpc) is 2.60. The van der Waals surface area contributed by atoms with Crippen molar-refractivity contribution < 1.29 is 9.53 Å². The number of halogens is 1. The molecular weight excluding hydrogens is 382 g/mol. The first-order valence-corrected chi connectivity index (χ1v) is 8.64. The van der Waals surface area contributed by atoms with Crippen LogP contribution in [0.5, 0.6) is 5.75 Å². The quantitative estimate of drug-likeness (QED) is 0.655. The topological polar surface area (TPSA) is 77.2 Å². The second kappa shape index (κ2) is 7.53. The molecule has 1 aromatic heterocycles. The Morgan fingerprint density at radius 2 is 1.92 bits per heavy atom. The van der Waals surface area contributed by atoms with Crippen LogP contribution in [0.4, 0.5) is 5.82 Å². The molecule has 1 amide bonds. The van der Waals surface area contributed by atoms with Crippen molar-refractivity contribution in [2.75, 3.05) is 11.9 Å². The van der Waals surface area contributed by atoms with Crippen molar-refractivity contribution in [3.8, 4) is 5.75 Å². The van der Waals surface area contributed by atoms with Gasteiger partial charge in [0, 0.05) is 15.9 Å². The van der Waals surface area contributed by atoms with E-state index in [0.717, 1.165) is 26.8 Å². The Balaban J connectivity index is 1.71. The molecule has 1 atom stereocenters. The normalized spacial score (nSPS) is 11.9. The van der Waals surface area contributed by atoms with Gasteiger partial charge in [0.2, 0.25) is 0 Å². The van der Waals surface area contributed by atoms with E-state index in [-0.39, 0.29) is 12.6 Å². The molecule has 3 N–H and O–H groups in total. The molecule has 0 radical (unpaired) electrons. The first-order chi connectivity index (χ1) is 12.0. The van der Waals surface area contributed by atoms with Crippen LogP contribution in [0.2, 0.25) is 0 Å². The lowest BCUT2D eigenvalue weighted by Gasteiger charge is -2.16. The molecule has 0 spiro atoms. The number of rotatable bonds is 6. The Bertz CT molecular complexity index is 897. The molecule has 1 heterocycles. The van der Waals surface area contributed by atoms with Gasteiger partial charge < -0.3 is 15.8 Å². The molecule has 1 unspecified atom stereocenters. The number of primary amides is 1. The second-order valence-corrected chi connectivity index (χ2v) is 6.64. The molecule has 0 saturated heterocycles. The highest BCUT2D eigenvalue weighted by atomic mass is 79.9. The molecule has 25 heavy (non-hydrogen) atoms. The first-order valence-electron chi connectivity index (χ1n) is 7.85. The molecule has 2 aromatic carbocycles. The lowest BCUT2D eigenvalue weighted by Crippen LogP contribution is -2.20. The van der Waals surface area contributed by atoms with Gasteiger partial charge in [-0.25, -0.2) is 4.98 Å². The van der Waals surface area contributed by atoms with Crippen LogP contribution >= 0.6 is 15.9 Å². The van der Waals surface area contributed by atoms with Gasteiger partial charge in [0.15, 0.2) is 6.61 Å². The highest BCUT2D eigenvalue weighted by Crippen LogP contribution is 2.24. The van der Waals surface area contributed by atoms with E-state index >= 15 is 0 Å². The number of aromatic nitrogens is 1. The van der Waals surface area contributed by atoms with Gasteiger partial charge in [-0.2, -0.15) is 0 Å². The number of nitrogens with zero attached hydrogens (tertiary/aromatic N) is 1. The largest absolute Gasteiger partial charge is 0.484 e. The summed E-state index contributed by atoms with van der Waals surface area (Å²) < 4.78 is 6.27. The van der Waals surface area contributed by atoms with Crippen LogP contribution in [0.3, 0.4) is 0 Å². The SMILES string of the molecule is CC(Nc1ccc2ccc(Br)cc2n1)c1ccc(OCC(N)=O)cc1. The number of nitrogens with one attached hydrogen (secondary N) is 1. The van der Waals surface area contributed by atoms with Gasteiger partial charge in [0.1, 0.15) is 11.6 Å². The zero-order valence-electron chi connectivity index (χ0n) is 13.7. The van der Waals surface area contributed by atoms with Crippen LogP contribution in [0.1, 0.15) is 18.5 Å². The highest BCUT2D eigenvalue weighted by Gasteiger charge is 2.08. The Morgan fingerprint density at radius 3 is 2.64 bits per heavy atom. The monoisotopic (exact) mass is 399 g/mol. The van der Waals surface area contributed by atoms with Crippen molar-refractivity contribution in [3.05, 3.63) is 64.6 Å². The number of fused-ring (bicyclic) bond motifs is 1. The molecule has 3 aromatic rings. The first kappa shape index (κ1) is 17.2. The Morgan fingerprint density at radius 1 is 1.20 bits per heavy atom. The van der Waals surface area contributed by atoms with Crippen LogP contribution in [0, 0.1) is 0 Å². The van der Waals surface area contributed by atoms with Crippen molar-refractivity contribution in [2.24, 2.45) is 5.73 Å². The lowest BCUT2D eigenvalue weighted by atomic mass is 10.1. The summed E-state index contributed by atoms with van der Waals surface area (Å²) in [5.74, 6) is 0.934. The predicted molar refractivity (Wildman–Crippen MR) is 103 cm³/mol. The number of benzene rings is 2. The minimum Gasteiger partial charge on any atom is -0.484 e. The van der Waals surface area contributed by atoms with Gasteiger partial charge in [-0.15, -0.1) is 0 Å². The fraction of sp³-hybridized carbons (Fsp3) is 0.158. The van der Waals surface area contributed by atoms with Gasteiger partial charge in [0.05, 0.1) is 5.52 Å². The van der Waals surface area contributed by atoms with Crippen LogP contribution in [-0.4, -0.2) is 17.5 Å². The summed E-state index contributed by atoms with van der Waals surface area (Å²) in [5.41, 5.74) is 7.09. The Hall–Kier alpha value is -2.60. The smallest absolute Gasteiger partial charge is 0.255 e. The zero-order chi connectivity index (χ0) is 17.8. The molecular formula is C19H18BrN3O2. The molecule has 5 nitrogen and oxygen atoms in total. The fourth-order valence-corrected chi connectivity index (χ4v) is 2.83. The van der Waals surface area contributed by atoms with E-state index in [1.807, 2.05) is 54.6 Å². The van der Waals surface area contributed by atoms with Crippen LogP contribution in [-0.2, 0) is 4.79 Å². The number of hydrogen-bond donors (Lipinski definition) is 2. The van der Waals surface area contributed by atoms with E-state index in [1.165, 1.54) is 0 Å². The molecule has 0 bridgehead atoms. The summed E-state index contributed by atoms with van der Waals surface area (Å²) in [6, 6.07) is 17.7. The van der Waals surface area contributed by atoms with Gasteiger partial charge in [-0.05, 0) is 48.9 Å². The van der Waals surface area contributed by atoms with Crippen molar-refractivity contribution in [2.45, 2.75) is 13.0 Å². The van der Waals surface area contributed by atoms with E-state index in [1.54, 1.807) is 0 Å². The molecule has 0 saturated carbocycles. The van der Waals surface area contributed by atoms with Gasteiger partial charge in [-0.3, -0.25) is 4.79 Å². The number of ether oxygens (including phenoxy) is 1. The summed E-state index contributed by atoms with van der Waals surface area (Å²) in [5, 5.41) is 4.49. The number of anilines is 1. The molecule has 0 aliphatic carbocycles. The molecule has 3 rings (SSSR count). The number of amides is 1. The highest BCUT2D eigenvalue weighted by molar-refractivity contribution is 9.10. The summed E-state index contributed by atoms with van der Waals surface area (Å²) in [6.45, 7) is 1.94. The van der Waals surface area contributed by atoms with Crippen LogP contribution in [0.25, 0.3) is 10.9 Å². The summed E-state index contributed by atoms with van der Waals surface area (Å²) in [7, 11) is 0. The minimum absolute atomic E-state index is 0.0716. The second-order valence-electron chi connectivity index (χ2n) is 5.72. The van der Waals surface area contributed by atoms with Crippen LogP contribution in [0.15, 0.2) is 59.1 Å². The number of carbonyl (C=O) groups excluding carboxylic acids is 1. The molecule has 0 fully saturated rings. The third-order valence-electron chi connectivity index (χ3n) is 3.78. The Kier molecular flexibility index (Phi) is 5.19. The minimum atomic E-state index is -0.492. The van der Waals surface area contributed by atoms with Crippen molar-refractivity contribution in [1.82, 2.24) is 4.98 Å². The summed E-state index contributed by atoms with van der Waals surface area (Å²) in [4.78, 5) is 15.4. The Labute approximate surface area is 154 Å². The van der Waals surface area contributed by atoms with Crippen molar-refractivity contribution in [1.29, 1.82) is 0 Å². The third kappa shape index (κ3) is 4.48. The predicted octanol–water partition coefficient (Wildman–Crippen LogP) is 4.03. The fourth-order valence-electron chi connectivity index (χ4n) is 2.48. The van der Waals surface area contributed by atoms with E-state index in [4.69, 9.17) is 10.5 Å². The maximum Gasteiger partial charge on any atom is 0.255 e. The maximum atomic E-state index is 10.7. The number of pyridine rings is 1. The molecule has 0 aliphatic heterocycles. The van der Waals surface area contributed by atoms with Crippen LogP contribution < -0.4 is 15.8 Å². The van der Waals surface area contributed by atoms with E-state index in [0.29, 0.717) is 5.75 Å². The zero-order valence-corrected chi connectivity index (χ0v) is 15.3. The van der Waals surface area contributed by atoms with E-state index in [2.05, 4.69) is 33.2 Å². The standard InChI is InChI=1S/C19H18BrN3O2/c1-12(13-3-7-16(8-4-13)25-11-18(21)24)22-19-9-5-14-2-6-15(20)10-17(14)23-19/h2-10,12H,11H2,1H3,(H2,21,24)(H,22,23). The number of hydrogen-bond acceptors (Lipinski definition) is 4. The van der Waals surface area contributed by atoms with Crippen molar-refractivity contribution >= 4 is 38.6 Å². The number of carbonyl (C=O) groups is 1. The lowest BCUT2D eigenvalue weighted by molar-refractivity contribution is -0.119. The van der Waals surface area contributed by atoms with Gasteiger partial charge in [-0.1, -0.05) is 34.1 Å². The molecule has 128 valence electrons. The van der Waals surface area contributed by atoms with Crippen molar-refractivity contribution in [3.63, 3.8) is 0 Å². The third-order valence-corrected chi connectivity index (χ3v) is 4.27. The van der Waals surface area contributed by atoms with E-state index in [9.17, 15) is 4.79 Å². The summed E-state index contributed by atoms with van der Waals surface area (Å²) in [6.07, 6.45) is 0. The molecule has 6 heteroatoms. The molecule has 0 aliphatic rings. The van der Waals surface area contributed by atoms with E-state index < -0.39 is 5.91 Å². The average molecular weight is 400 g/mol.